The molecule has 0 atom stereocenters. The first-order valence-electron chi connectivity index (χ1n) is 6.99. The zero-order valence-electron chi connectivity index (χ0n) is 12.6. The third kappa shape index (κ3) is 3.46. The molecular formula is C15H23N3O2. The fourth-order valence-electron chi connectivity index (χ4n) is 3.69. The summed E-state index contributed by atoms with van der Waals surface area (Å²) in [5.74, 6) is -0.673. The lowest BCUT2D eigenvalue weighted by Gasteiger charge is -2.45. The van der Waals surface area contributed by atoms with Gasteiger partial charge in [-0.1, -0.05) is 27.7 Å². The second kappa shape index (κ2) is 5.04. The highest BCUT2D eigenvalue weighted by Gasteiger charge is 2.39. The molecule has 20 heavy (non-hydrogen) atoms. The summed E-state index contributed by atoms with van der Waals surface area (Å²) in [5, 5.41) is 12.6. The molecule has 1 amide bonds. The zero-order chi connectivity index (χ0) is 15.0. The molecule has 0 radical (unpaired) electrons. The monoisotopic (exact) mass is 277 g/mol. The molecule has 1 heterocycles. The lowest BCUT2D eigenvalue weighted by molar-refractivity contribution is 0.0708. The molecule has 2 N–H and O–H groups in total. The van der Waals surface area contributed by atoms with Crippen LogP contribution in [0, 0.1) is 10.8 Å². The van der Waals surface area contributed by atoms with Gasteiger partial charge in [0.05, 0.1) is 0 Å². The lowest BCUT2D eigenvalue weighted by atomic mass is 9.63. The molecule has 1 aromatic heterocycles. The van der Waals surface area contributed by atoms with Crippen molar-refractivity contribution in [1.82, 2.24) is 15.3 Å². The standard InChI is InChI=1S/C15H23N3O2/c1-14(2)7-10(8-15(3,4)9-14)18-13(20)11-12(19)17-6-5-16-11/h5-6,10H,7-9H2,1-4H3,(H,17,19)(H,18,20). The SMILES string of the molecule is CC1(C)CC(NC(=O)c2nccnc2O)CC(C)(C)C1. The number of hydrogen-bond donors (Lipinski definition) is 2. The summed E-state index contributed by atoms with van der Waals surface area (Å²) in [7, 11) is 0. The summed E-state index contributed by atoms with van der Waals surface area (Å²) in [6.45, 7) is 8.92. The van der Waals surface area contributed by atoms with Crippen LogP contribution >= 0.6 is 0 Å². The summed E-state index contributed by atoms with van der Waals surface area (Å²) >= 11 is 0. The van der Waals surface area contributed by atoms with Crippen molar-refractivity contribution in [3.8, 4) is 5.88 Å². The van der Waals surface area contributed by atoms with E-state index >= 15 is 0 Å². The molecule has 0 bridgehead atoms. The maximum Gasteiger partial charge on any atom is 0.275 e. The van der Waals surface area contributed by atoms with Crippen molar-refractivity contribution in [3.05, 3.63) is 18.1 Å². The van der Waals surface area contributed by atoms with E-state index in [1.54, 1.807) is 0 Å². The number of hydrogen-bond acceptors (Lipinski definition) is 4. The first kappa shape index (κ1) is 14.8. The Hall–Kier alpha value is -1.65. The van der Waals surface area contributed by atoms with Crippen molar-refractivity contribution in [3.63, 3.8) is 0 Å². The molecule has 2 rings (SSSR count). The molecule has 110 valence electrons. The lowest BCUT2D eigenvalue weighted by Crippen LogP contribution is -2.46. The first-order valence-corrected chi connectivity index (χ1v) is 6.99. The summed E-state index contributed by atoms with van der Waals surface area (Å²) < 4.78 is 0. The Bertz CT molecular complexity index is 496. The quantitative estimate of drug-likeness (QED) is 0.871. The van der Waals surface area contributed by atoms with Crippen LogP contribution in [0.25, 0.3) is 0 Å². The van der Waals surface area contributed by atoms with Crippen LogP contribution in [0.2, 0.25) is 0 Å². The van der Waals surface area contributed by atoms with Gasteiger partial charge in [-0.05, 0) is 30.1 Å². The Morgan fingerprint density at radius 2 is 1.75 bits per heavy atom. The normalized spacial score (nSPS) is 21.4. The predicted octanol–water partition coefficient (Wildman–Crippen LogP) is 2.52. The molecule has 0 unspecified atom stereocenters. The van der Waals surface area contributed by atoms with Gasteiger partial charge >= 0.3 is 0 Å². The van der Waals surface area contributed by atoms with E-state index in [9.17, 15) is 9.90 Å². The molecule has 0 saturated heterocycles. The van der Waals surface area contributed by atoms with Gasteiger partial charge in [-0.15, -0.1) is 0 Å². The van der Waals surface area contributed by atoms with E-state index in [2.05, 4.69) is 43.0 Å². The van der Waals surface area contributed by atoms with Crippen LogP contribution in [0.5, 0.6) is 5.88 Å². The highest BCUT2D eigenvalue weighted by atomic mass is 16.3. The van der Waals surface area contributed by atoms with Crippen molar-refractivity contribution in [2.45, 2.75) is 53.0 Å². The van der Waals surface area contributed by atoms with Crippen molar-refractivity contribution in [2.24, 2.45) is 10.8 Å². The Morgan fingerprint density at radius 1 is 1.20 bits per heavy atom. The minimum absolute atomic E-state index is 0.00585. The van der Waals surface area contributed by atoms with Gasteiger partial charge in [0.25, 0.3) is 5.91 Å². The van der Waals surface area contributed by atoms with Gasteiger partial charge in [0.2, 0.25) is 5.88 Å². The minimum Gasteiger partial charge on any atom is -0.492 e. The highest BCUT2D eigenvalue weighted by molar-refractivity contribution is 5.94. The number of rotatable bonds is 2. The van der Waals surface area contributed by atoms with Crippen LogP contribution in [0.1, 0.15) is 57.4 Å². The second-order valence-corrected chi connectivity index (χ2v) is 7.31. The molecule has 1 aliphatic carbocycles. The Labute approximate surface area is 119 Å². The molecule has 5 heteroatoms. The number of aromatic nitrogens is 2. The minimum atomic E-state index is -0.353. The fraction of sp³-hybridized carbons (Fsp3) is 0.667. The third-order valence-electron chi connectivity index (χ3n) is 3.78. The molecule has 0 aliphatic heterocycles. The van der Waals surface area contributed by atoms with Crippen LogP contribution in [0.15, 0.2) is 12.4 Å². The van der Waals surface area contributed by atoms with Gasteiger partial charge in [0, 0.05) is 18.4 Å². The maximum absolute atomic E-state index is 12.2. The van der Waals surface area contributed by atoms with E-state index in [-0.39, 0.29) is 34.4 Å². The van der Waals surface area contributed by atoms with Crippen LogP contribution in [-0.2, 0) is 0 Å². The van der Waals surface area contributed by atoms with Gasteiger partial charge in [-0.25, -0.2) is 9.97 Å². The molecule has 1 aliphatic rings. The van der Waals surface area contributed by atoms with Gasteiger partial charge < -0.3 is 10.4 Å². The van der Waals surface area contributed by atoms with E-state index in [0.717, 1.165) is 19.3 Å². The van der Waals surface area contributed by atoms with E-state index in [1.165, 1.54) is 12.4 Å². The van der Waals surface area contributed by atoms with Crippen molar-refractivity contribution >= 4 is 5.91 Å². The van der Waals surface area contributed by atoms with Gasteiger partial charge in [-0.2, -0.15) is 0 Å². The van der Waals surface area contributed by atoms with Gasteiger partial charge in [0.15, 0.2) is 5.69 Å². The summed E-state index contributed by atoms with van der Waals surface area (Å²) in [6.07, 6.45) is 5.78. The summed E-state index contributed by atoms with van der Waals surface area (Å²) in [5.41, 5.74) is 0.391. The average molecular weight is 277 g/mol. The van der Waals surface area contributed by atoms with E-state index in [1.807, 2.05) is 0 Å². The number of amides is 1. The predicted molar refractivity (Wildman–Crippen MR) is 76.4 cm³/mol. The van der Waals surface area contributed by atoms with Crippen molar-refractivity contribution < 1.29 is 9.90 Å². The molecule has 1 fully saturated rings. The summed E-state index contributed by atoms with van der Waals surface area (Å²) in [4.78, 5) is 19.8. The van der Waals surface area contributed by atoms with E-state index < -0.39 is 0 Å². The maximum atomic E-state index is 12.2. The zero-order valence-corrected chi connectivity index (χ0v) is 12.6. The Kier molecular flexibility index (Phi) is 3.71. The van der Waals surface area contributed by atoms with Crippen molar-refractivity contribution in [1.29, 1.82) is 0 Å². The number of carbonyl (C=O) groups is 1. The molecule has 1 saturated carbocycles. The number of nitrogens with zero attached hydrogens (tertiary/aromatic N) is 2. The van der Waals surface area contributed by atoms with Crippen LogP contribution in [-0.4, -0.2) is 27.0 Å². The van der Waals surface area contributed by atoms with Crippen LogP contribution in [0.3, 0.4) is 0 Å². The molecule has 5 nitrogen and oxygen atoms in total. The Balaban J connectivity index is 2.10. The van der Waals surface area contributed by atoms with E-state index in [4.69, 9.17) is 0 Å². The Morgan fingerprint density at radius 3 is 2.30 bits per heavy atom. The topological polar surface area (TPSA) is 75.1 Å². The number of carbonyl (C=O) groups excluding carboxylic acids is 1. The van der Waals surface area contributed by atoms with Crippen LogP contribution < -0.4 is 5.32 Å². The molecular weight excluding hydrogens is 254 g/mol. The number of aromatic hydroxyl groups is 1. The molecule has 0 spiro atoms. The average Bonchev–Trinajstić information content (AvgIpc) is 2.24. The smallest absolute Gasteiger partial charge is 0.275 e. The molecule has 0 aromatic carbocycles. The van der Waals surface area contributed by atoms with E-state index in [0.29, 0.717) is 0 Å². The first-order chi connectivity index (χ1) is 9.19. The number of nitrogens with one attached hydrogen (secondary N) is 1. The van der Waals surface area contributed by atoms with Crippen LogP contribution in [0.4, 0.5) is 0 Å². The fourth-order valence-corrected chi connectivity index (χ4v) is 3.69. The van der Waals surface area contributed by atoms with Gasteiger partial charge in [0.1, 0.15) is 0 Å². The summed E-state index contributed by atoms with van der Waals surface area (Å²) in [6, 6.07) is 0.0997. The third-order valence-corrected chi connectivity index (χ3v) is 3.78. The second-order valence-electron chi connectivity index (χ2n) is 7.31. The largest absolute Gasteiger partial charge is 0.492 e. The van der Waals surface area contributed by atoms with Crippen molar-refractivity contribution in [2.75, 3.05) is 0 Å². The van der Waals surface area contributed by atoms with Gasteiger partial charge in [-0.3, -0.25) is 4.79 Å². The molecule has 1 aromatic rings. The highest BCUT2D eigenvalue weighted by Crippen LogP contribution is 2.45.